The van der Waals surface area contributed by atoms with Crippen LogP contribution in [0, 0.1) is 0 Å². The van der Waals surface area contributed by atoms with Gasteiger partial charge in [-0.2, -0.15) is 0 Å². The quantitative estimate of drug-likeness (QED) is 0.878. The third-order valence-electron chi connectivity index (χ3n) is 1.73. The number of thiophene rings is 1. The Morgan fingerprint density at radius 1 is 1.71 bits per heavy atom. The third-order valence-corrected chi connectivity index (χ3v) is 5.12. The van der Waals surface area contributed by atoms with Crippen LogP contribution in [0.4, 0.5) is 0 Å². The maximum Gasteiger partial charge on any atom is 0.0540 e. The maximum atomic E-state index is 8.78. The van der Waals surface area contributed by atoms with E-state index in [0.717, 1.165) is 10.2 Å². The first kappa shape index (κ1) is 12.5. The summed E-state index contributed by atoms with van der Waals surface area (Å²) in [7, 11) is 0. The second kappa shape index (κ2) is 6.12. The van der Waals surface area contributed by atoms with Gasteiger partial charge < -0.3 is 10.8 Å². The van der Waals surface area contributed by atoms with E-state index in [2.05, 4.69) is 27.4 Å². The fourth-order valence-corrected chi connectivity index (χ4v) is 3.96. The summed E-state index contributed by atoms with van der Waals surface area (Å²) < 4.78 is 1.10. The molecule has 0 fully saturated rings. The van der Waals surface area contributed by atoms with Crippen LogP contribution in [-0.4, -0.2) is 23.5 Å². The highest BCUT2D eigenvalue weighted by atomic mass is 79.9. The predicted molar refractivity (Wildman–Crippen MR) is 68.0 cm³/mol. The number of hydrogen-bond acceptors (Lipinski definition) is 4. The first-order valence-corrected chi connectivity index (χ1v) is 7.09. The molecule has 0 radical (unpaired) electrons. The molecule has 1 rings (SSSR count). The monoisotopic (exact) mass is 295 g/mol. The van der Waals surface area contributed by atoms with Gasteiger partial charge in [0.1, 0.15) is 0 Å². The summed E-state index contributed by atoms with van der Waals surface area (Å²) in [6, 6.07) is 2.21. The Bertz CT molecular complexity index is 278. The van der Waals surface area contributed by atoms with E-state index in [9.17, 15) is 0 Å². The van der Waals surface area contributed by atoms with Crippen LogP contribution in [0.5, 0.6) is 0 Å². The van der Waals surface area contributed by atoms with E-state index in [-0.39, 0.29) is 12.6 Å². The molecule has 3 N–H and O–H groups in total. The van der Waals surface area contributed by atoms with Gasteiger partial charge in [-0.25, -0.2) is 0 Å². The molecule has 1 heterocycles. The molecule has 0 aliphatic heterocycles. The average molecular weight is 296 g/mol. The molecule has 0 bridgehead atoms. The molecule has 1 aromatic rings. The van der Waals surface area contributed by atoms with Crippen molar-refractivity contribution in [3.05, 3.63) is 20.8 Å². The number of thioether (sulfide) groups is 1. The molecule has 2 nitrogen and oxygen atoms in total. The Balaban J connectivity index is 2.67. The van der Waals surface area contributed by atoms with E-state index in [1.807, 2.05) is 6.92 Å². The standard InChI is InChI=1S/C9H14BrNOS2/c1-6(11)9(13-3-2-12)8-4-7(10)5-14-8/h4-6,9,12H,2-3,11H2,1H3. The summed E-state index contributed by atoms with van der Waals surface area (Å²) in [5.41, 5.74) is 5.91. The fraction of sp³-hybridized carbons (Fsp3) is 0.556. The summed E-state index contributed by atoms with van der Waals surface area (Å²) in [6.07, 6.45) is 0. The molecule has 14 heavy (non-hydrogen) atoms. The largest absolute Gasteiger partial charge is 0.396 e. The van der Waals surface area contributed by atoms with E-state index in [1.54, 1.807) is 23.1 Å². The lowest BCUT2D eigenvalue weighted by atomic mass is 10.2. The molecule has 0 amide bonds. The Morgan fingerprint density at radius 2 is 2.43 bits per heavy atom. The summed E-state index contributed by atoms with van der Waals surface area (Å²) in [5.74, 6) is 0.738. The van der Waals surface area contributed by atoms with Gasteiger partial charge in [-0.3, -0.25) is 0 Å². The normalized spacial score (nSPS) is 15.4. The van der Waals surface area contributed by atoms with Gasteiger partial charge in [0, 0.05) is 26.5 Å². The van der Waals surface area contributed by atoms with E-state index < -0.39 is 0 Å². The minimum atomic E-state index is 0.108. The zero-order valence-corrected chi connectivity index (χ0v) is 11.2. The van der Waals surface area contributed by atoms with Gasteiger partial charge in [0.15, 0.2) is 0 Å². The van der Waals surface area contributed by atoms with E-state index in [1.165, 1.54) is 4.88 Å². The van der Waals surface area contributed by atoms with Gasteiger partial charge >= 0.3 is 0 Å². The molecule has 5 heteroatoms. The van der Waals surface area contributed by atoms with Crippen LogP contribution < -0.4 is 5.73 Å². The van der Waals surface area contributed by atoms with Crippen LogP contribution in [-0.2, 0) is 0 Å². The van der Waals surface area contributed by atoms with Crippen molar-refractivity contribution in [1.29, 1.82) is 0 Å². The van der Waals surface area contributed by atoms with Crippen LogP contribution in [0.2, 0.25) is 0 Å². The first-order chi connectivity index (χ1) is 6.65. The van der Waals surface area contributed by atoms with Crippen molar-refractivity contribution < 1.29 is 5.11 Å². The number of halogens is 1. The molecule has 0 spiro atoms. The van der Waals surface area contributed by atoms with Crippen LogP contribution in [0.3, 0.4) is 0 Å². The summed E-state index contributed by atoms with van der Waals surface area (Å²) in [5, 5.41) is 11.1. The average Bonchev–Trinajstić information content (AvgIpc) is 2.52. The first-order valence-electron chi connectivity index (χ1n) is 4.37. The van der Waals surface area contributed by atoms with Crippen LogP contribution in [0.1, 0.15) is 17.1 Å². The molecule has 0 saturated carbocycles. The second-order valence-electron chi connectivity index (χ2n) is 3.04. The maximum absolute atomic E-state index is 8.78. The van der Waals surface area contributed by atoms with E-state index in [4.69, 9.17) is 10.8 Å². The van der Waals surface area contributed by atoms with Gasteiger partial charge in [0.05, 0.1) is 11.9 Å². The molecule has 0 aliphatic rings. The van der Waals surface area contributed by atoms with Crippen molar-refractivity contribution in [2.75, 3.05) is 12.4 Å². The Hall–Kier alpha value is 0.450. The summed E-state index contributed by atoms with van der Waals surface area (Å²) in [4.78, 5) is 1.27. The number of hydrogen-bond donors (Lipinski definition) is 2. The summed E-state index contributed by atoms with van der Waals surface area (Å²) in [6.45, 7) is 2.21. The Morgan fingerprint density at radius 3 is 2.86 bits per heavy atom. The van der Waals surface area contributed by atoms with E-state index in [0.29, 0.717) is 5.25 Å². The molecule has 0 aromatic carbocycles. The lowest BCUT2D eigenvalue weighted by Gasteiger charge is -2.18. The molecule has 80 valence electrons. The molecule has 2 atom stereocenters. The van der Waals surface area contributed by atoms with Crippen molar-refractivity contribution in [1.82, 2.24) is 0 Å². The second-order valence-corrected chi connectivity index (χ2v) is 6.15. The number of rotatable bonds is 5. The van der Waals surface area contributed by atoms with Gasteiger partial charge in [0.2, 0.25) is 0 Å². The Labute approximate surface area is 101 Å². The highest BCUT2D eigenvalue weighted by molar-refractivity contribution is 9.10. The smallest absolute Gasteiger partial charge is 0.0540 e. The topological polar surface area (TPSA) is 46.2 Å². The summed E-state index contributed by atoms with van der Waals surface area (Å²) >= 11 is 6.85. The van der Waals surface area contributed by atoms with Crippen molar-refractivity contribution in [3.63, 3.8) is 0 Å². The molecule has 2 unspecified atom stereocenters. The molecule has 0 saturated heterocycles. The lowest BCUT2D eigenvalue weighted by Crippen LogP contribution is -2.22. The van der Waals surface area contributed by atoms with Gasteiger partial charge in [-0.1, -0.05) is 0 Å². The molecular formula is C9H14BrNOS2. The van der Waals surface area contributed by atoms with Crippen LogP contribution in [0.15, 0.2) is 15.9 Å². The van der Waals surface area contributed by atoms with Crippen molar-refractivity contribution in [2.45, 2.75) is 18.2 Å². The minimum Gasteiger partial charge on any atom is -0.396 e. The number of aliphatic hydroxyl groups is 1. The van der Waals surface area contributed by atoms with Crippen LogP contribution >= 0.6 is 39.0 Å². The van der Waals surface area contributed by atoms with Gasteiger partial charge in [0.25, 0.3) is 0 Å². The fourth-order valence-electron chi connectivity index (χ4n) is 1.15. The molecular weight excluding hydrogens is 282 g/mol. The molecule has 1 aromatic heterocycles. The highest BCUT2D eigenvalue weighted by Crippen LogP contribution is 2.36. The SMILES string of the molecule is CC(N)C(SCCO)c1cc(Br)cs1. The predicted octanol–water partition coefficient (Wildman–Crippen LogP) is 2.62. The number of aliphatic hydroxyl groups excluding tert-OH is 1. The number of nitrogens with two attached hydrogens (primary N) is 1. The van der Waals surface area contributed by atoms with Gasteiger partial charge in [-0.15, -0.1) is 23.1 Å². The van der Waals surface area contributed by atoms with Crippen molar-refractivity contribution >= 4 is 39.0 Å². The van der Waals surface area contributed by atoms with Crippen molar-refractivity contribution in [2.24, 2.45) is 5.73 Å². The minimum absolute atomic E-state index is 0.108. The van der Waals surface area contributed by atoms with E-state index >= 15 is 0 Å². The molecule has 0 aliphatic carbocycles. The third kappa shape index (κ3) is 3.55. The lowest BCUT2D eigenvalue weighted by molar-refractivity contribution is 0.322. The Kier molecular flexibility index (Phi) is 5.48. The zero-order chi connectivity index (χ0) is 10.6. The highest BCUT2D eigenvalue weighted by Gasteiger charge is 2.18. The van der Waals surface area contributed by atoms with Gasteiger partial charge in [-0.05, 0) is 28.9 Å². The van der Waals surface area contributed by atoms with Crippen molar-refractivity contribution in [3.8, 4) is 0 Å². The zero-order valence-electron chi connectivity index (χ0n) is 7.94. The van der Waals surface area contributed by atoms with Crippen LogP contribution in [0.25, 0.3) is 0 Å².